The third-order valence-corrected chi connectivity index (χ3v) is 5.74. The summed E-state index contributed by atoms with van der Waals surface area (Å²) in [5, 5.41) is 13.8. The largest absolute Gasteiger partial charge is 0.476 e. The first-order chi connectivity index (χ1) is 15.0. The molecule has 1 amide bonds. The van der Waals surface area contributed by atoms with Gasteiger partial charge in [0.25, 0.3) is 11.5 Å². The number of aromatic nitrogens is 2. The molecule has 0 saturated carbocycles. The number of carbonyl (C=O) groups excluding carboxylic acids is 1. The Morgan fingerprint density at radius 3 is 2.75 bits per heavy atom. The Morgan fingerprint density at radius 1 is 1.38 bits per heavy atom. The number of nitrogens with one attached hydrogen (secondary N) is 2. The first kappa shape index (κ1) is 24.3. The quantitative estimate of drug-likeness (QED) is 0.551. The number of carbonyl (C=O) groups is 1. The van der Waals surface area contributed by atoms with Gasteiger partial charge in [-0.3, -0.25) is 19.1 Å². The van der Waals surface area contributed by atoms with E-state index < -0.39 is 41.2 Å². The summed E-state index contributed by atoms with van der Waals surface area (Å²) in [5.41, 5.74) is -1.91. The molecule has 0 aliphatic carbocycles. The van der Waals surface area contributed by atoms with Crippen LogP contribution >= 0.6 is 23.2 Å². The molecule has 3 atom stereocenters. The van der Waals surface area contributed by atoms with Crippen LogP contribution in [0.25, 0.3) is 0 Å². The number of nitrogens with zero attached hydrogens (tertiary/aromatic N) is 1. The molecule has 1 aromatic carbocycles. The SMILES string of the molecule is CCc1cn([C@@H]2CC(O)[C@H](CNC(=O)C(C)(C)Oc3ccc(Cl)cc3Cl)O2)c(=O)[nH]c1=O. The van der Waals surface area contributed by atoms with Crippen LogP contribution in [0.3, 0.4) is 0 Å². The van der Waals surface area contributed by atoms with Gasteiger partial charge in [0.05, 0.1) is 11.1 Å². The average molecular weight is 486 g/mol. The fourth-order valence-electron chi connectivity index (χ4n) is 3.35. The molecule has 1 unspecified atom stereocenters. The maximum Gasteiger partial charge on any atom is 0.330 e. The van der Waals surface area contributed by atoms with Gasteiger partial charge in [-0.05, 0) is 38.5 Å². The van der Waals surface area contributed by atoms with Crippen molar-refractivity contribution in [2.24, 2.45) is 0 Å². The molecule has 32 heavy (non-hydrogen) atoms. The van der Waals surface area contributed by atoms with E-state index >= 15 is 0 Å². The van der Waals surface area contributed by atoms with Crippen molar-refractivity contribution >= 4 is 29.1 Å². The van der Waals surface area contributed by atoms with E-state index in [0.29, 0.717) is 22.8 Å². The molecule has 2 aromatic rings. The fraction of sp³-hybridized carbons (Fsp3) is 0.476. The van der Waals surface area contributed by atoms with Crippen LogP contribution in [0.2, 0.25) is 10.0 Å². The van der Waals surface area contributed by atoms with Gasteiger partial charge in [-0.1, -0.05) is 30.1 Å². The Kier molecular flexibility index (Phi) is 7.34. The molecule has 1 aliphatic heterocycles. The predicted octanol–water partition coefficient (Wildman–Crippen LogP) is 2.03. The van der Waals surface area contributed by atoms with Crippen molar-refractivity contribution in [2.45, 2.75) is 57.6 Å². The Hall–Kier alpha value is -2.33. The van der Waals surface area contributed by atoms with Crippen LogP contribution in [0.15, 0.2) is 34.0 Å². The Balaban J connectivity index is 1.64. The third-order valence-electron chi connectivity index (χ3n) is 5.21. The summed E-state index contributed by atoms with van der Waals surface area (Å²) in [6, 6.07) is 4.68. The number of aliphatic hydroxyl groups is 1. The molecule has 1 fully saturated rings. The van der Waals surface area contributed by atoms with Gasteiger partial charge in [0.1, 0.15) is 18.1 Å². The first-order valence-electron chi connectivity index (χ1n) is 10.1. The highest BCUT2D eigenvalue weighted by molar-refractivity contribution is 6.35. The molecule has 0 bridgehead atoms. The lowest BCUT2D eigenvalue weighted by Crippen LogP contribution is -2.49. The summed E-state index contributed by atoms with van der Waals surface area (Å²) in [4.78, 5) is 38.9. The van der Waals surface area contributed by atoms with E-state index in [1.54, 1.807) is 32.9 Å². The van der Waals surface area contributed by atoms with Crippen LogP contribution in [0.1, 0.15) is 39.0 Å². The Morgan fingerprint density at radius 2 is 2.09 bits per heavy atom. The summed E-state index contributed by atoms with van der Waals surface area (Å²) in [6.45, 7) is 4.95. The van der Waals surface area contributed by atoms with E-state index in [2.05, 4.69) is 10.3 Å². The zero-order chi connectivity index (χ0) is 23.6. The molecule has 3 rings (SSSR count). The molecule has 3 N–H and O–H groups in total. The second-order valence-corrected chi connectivity index (χ2v) is 8.85. The molecule has 2 heterocycles. The number of amides is 1. The maximum atomic E-state index is 12.7. The number of H-pyrrole nitrogens is 1. The van der Waals surface area contributed by atoms with Crippen LogP contribution in [0.5, 0.6) is 5.75 Å². The van der Waals surface area contributed by atoms with E-state index in [9.17, 15) is 19.5 Å². The molecule has 1 saturated heterocycles. The molecule has 11 heteroatoms. The van der Waals surface area contributed by atoms with E-state index in [0.717, 1.165) is 0 Å². The Bertz CT molecular complexity index is 1110. The third kappa shape index (κ3) is 5.35. The molecular formula is C21H25Cl2N3O6. The second kappa shape index (κ2) is 9.66. The van der Waals surface area contributed by atoms with Gasteiger partial charge in [-0.15, -0.1) is 0 Å². The highest BCUT2D eigenvalue weighted by Crippen LogP contribution is 2.31. The highest BCUT2D eigenvalue weighted by atomic mass is 35.5. The minimum Gasteiger partial charge on any atom is -0.476 e. The lowest BCUT2D eigenvalue weighted by atomic mass is 10.1. The van der Waals surface area contributed by atoms with Gasteiger partial charge in [0.2, 0.25) is 0 Å². The number of aryl methyl sites for hydroxylation is 1. The van der Waals surface area contributed by atoms with Gasteiger partial charge in [0.15, 0.2) is 5.60 Å². The lowest BCUT2D eigenvalue weighted by molar-refractivity contribution is -0.135. The number of hydrogen-bond acceptors (Lipinski definition) is 6. The monoisotopic (exact) mass is 485 g/mol. The van der Waals surface area contributed by atoms with Crippen molar-refractivity contribution < 1.29 is 19.4 Å². The topological polar surface area (TPSA) is 123 Å². The predicted molar refractivity (Wildman–Crippen MR) is 119 cm³/mol. The minimum atomic E-state index is -1.27. The van der Waals surface area contributed by atoms with Gasteiger partial charge in [-0.2, -0.15) is 0 Å². The molecule has 9 nitrogen and oxygen atoms in total. The van der Waals surface area contributed by atoms with Crippen molar-refractivity contribution in [2.75, 3.05) is 6.54 Å². The zero-order valence-corrected chi connectivity index (χ0v) is 19.4. The number of aromatic amines is 1. The smallest absolute Gasteiger partial charge is 0.330 e. The second-order valence-electron chi connectivity index (χ2n) is 8.00. The highest BCUT2D eigenvalue weighted by Gasteiger charge is 2.37. The summed E-state index contributed by atoms with van der Waals surface area (Å²) in [7, 11) is 0. The first-order valence-corrected chi connectivity index (χ1v) is 10.9. The molecular weight excluding hydrogens is 461 g/mol. The molecule has 174 valence electrons. The zero-order valence-electron chi connectivity index (χ0n) is 17.9. The van der Waals surface area contributed by atoms with Crippen LogP contribution in [0, 0.1) is 0 Å². The van der Waals surface area contributed by atoms with Gasteiger partial charge in [-0.25, -0.2) is 4.79 Å². The number of benzene rings is 1. The van der Waals surface area contributed by atoms with E-state index in [4.69, 9.17) is 32.7 Å². The summed E-state index contributed by atoms with van der Waals surface area (Å²) >= 11 is 12.0. The molecule has 0 radical (unpaired) electrons. The standard InChI is InChI=1S/C21H25Cl2N3O6/c1-4-11-10-26(20(30)25-18(11)28)17-8-14(27)16(31-17)9-24-19(29)21(2,3)32-15-6-5-12(22)7-13(15)23/h5-7,10,14,16-17,27H,4,8-9H2,1-3H3,(H,24,29)(H,25,28,30)/t14?,16-,17-/m0/s1. The number of aliphatic hydroxyl groups excluding tert-OH is 1. The fourth-order valence-corrected chi connectivity index (χ4v) is 3.79. The minimum absolute atomic E-state index is 0.00359. The van der Waals surface area contributed by atoms with Crippen LogP contribution in [0.4, 0.5) is 0 Å². The van der Waals surface area contributed by atoms with Crippen molar-refractivity contribution in [1.82, 2.24) is 14.9 Å². The van der Waals surface area contributed by atoms with E-state index in [-0.39, 0.29) is 18.0 Å². The number of hydrogen-bond donors (Lipinski definition) is 3. The van der Waals surface area contributed by atoms with Crippen molar-refractivity contribution in [3.05, 3.63) is 60.8 Å². The summed E-state index contributed by atoms with van der Waals surface area (Å²) in [6.07, 6.45) is -0.417. The average Bonchev–Trinajstić information content (AvgIpc) is 3.08. The van der Waals surface area contributed by atoms with Crippen molar-refractivity contribution in [1.29, 1.82) is 0 Å². The summed E-state index contributed by atoms with van der Waals surface area (Å²) in [5.74, 6) is -0.144. The van der Waals surface area contributed by atoms with Crippen LogP contribution in [-0.4, -0.2) is 44.9 Å². The van der Waals surface area contributed by atoms with Gasteiger partial charge < -0.3 is 19.9 Å². The number of halogens is 2. The van der Waals surface area contributed by atoms with Gasteiger partial charge in [0, 0.05) is 29.7 Å². The molecule has 0 spiro atoms. The molecule has 1 aliphatic rings. The van der Waals surface area contributed by atoms with Crippen LogP contribution < -0.4 is 21.3 Å². The maximum absolute atomic E-state index is 12.7. The normalized spacial score (nSPS) is 20.9. The summed E-state index contributed by atoms with van der Waals surface area (Å²) < 4.78 is 12.8. The van der Waals surface area contributed by atoms with Crippen molar-refractivity contribution in [3.8, 4) is 5.75 Å². The number of ether oxygens (including phenoxy) is 2. The van der Waals surface area contributed by atoms with Gasteiger partial charge >= 0.3 is 5.69 Å². The molecule has 1 aromatic heterocycles. The number of rotatable bonds is 7. The Labute approximate surface area is 194 Å². The van der Waals surface area contributed by atoms with Crippen molar-refractivity contribution in [3.63, 3.8) is 0 Å². The van der Waals surface area contributed by atoms with Crippen LogP contribution in [-0.2, 0) is 16.0 Å². The van der Waals surface area contributed by atoms with E-state index in [1.165, 1.54) is 16.8 Å². The lowest BCUT2D eigenvalue weighted by Gasteiger charge is -2.27. The van der Waals surface area contributed by atoms with E-state index in [1.807, 2.05) is 0 Å².